The summed E-state index contributed by atoms with van der Waals surface area (Å²) in [6.45, 7) is -0.673. The second-order valence-corrected chi connectivity index (χ2v) is 8.12. The van der Waals surface area contributed by atoms with Crippen molar-refractivity contribution in [3.05, 3.63) is 42.5 Å². The van der Waals surface area contributed by atoms with Crippen LogP contribution in [-0.4, -0.2) is 65.3 Å². The van der Waals surface area contributed by atoms with E-state index in [0.29, 0.717) is 0 Å². The fourth-order valence-corrected chi connectivity index (χ4v) is 3.64. The first-order valence-corrected chi connectivity index (χ1v) is 10.7. The van der Waals surface area contributed by atoms with Crippen LogP contribution in [0.3, 0.4) is 0 Å². The first-order valence-electron chi connectivity index (χ1n) is 9.18. The van der Waals surface area contributed by atoms with Gasteiger partial charge in [-0.05, 0) is 12.1 Å². The number of anilines is 2. The number of hydrogen-bond acceptors (Lipinski definition) is 11. The minimum atomic E-state index is -4.84. The Bertz CT molecular complexity index is 1200. The molecule has 3 heterocycles. The summed E-state index contributed by atoms with van der Waals surface area (Å²) in [7, 11) is -4.84. The smallest absolute Gasteiger partial charge is 0.451 e. The number of hydrogen-bond donors (Lipinski definition) is 5. The number of rotatable bonds is 6. The number of benzene rings is 1. The minimum Gasteiger partial charge on any atom is -0.451 e. The molecule has 4 atom stereocenters. The van der Waals surface area contributed by atoms with E-state index in [2.05, 4.69) is 19.5 Å². The lowest BCUT2D eigenvalue weighted by Gasteiger charge is -2.22. The van der Waals surface area contributed by atoms with Crippen LogP contribution in [0.25, 0.3) is 11.2 Å². The third kappa shape index (κ3) is 4.27. The fourth-order valence-electron chi connectivity index (χ4n) is 3.30. The number of aromatic nitrogens is 4. The van der Waals surface area contributed by atoms with Gasteiger partial charge in [0.2, 0.25) is 0 Å². The van der Waals surface area contributed by atoms with Crippen LogP contribution in [0.2, 0.25) is 0 Å². The molecule has 0 saturated carbocycles. The van der Waals surface area contributed by atoms with Gasteiger partial charge in [-0.15, -0.1) is 0 Å². The zero-order valence-electron chi connectivity index (χ0n) is 16.3. The number of fused-ring (bicyclic) bond motifs is 1. The highest BCUT2D eigenvalue weighted by atomic mass is 31.2. The Morgan fingerprint density at radius 3 is 2.69 bits per heavy atom. The number of aliphatic hydroxyl groups excluding tert-OH is 1. The SMILES string of the molecule is Nc1ccccc1C(=O)O[C@H]1C(n2cnc3c(N)ncnc32)O[C@H](COP(=O)(O)O)[C@H]1O. The number of para-hydroxylation sites is 1. The molecule has 1 fully saturated rings. The summed E-state index contributed by atoms with van der Waals surface area (Å²) in [5.41, 5.74) is 12.3. The molecule has 1 aromatic carbocycles. The summed E-state index contributed by atoms with van der Waals surface area (Å²) in [5.74, 6) is -0.741. The second-order valence-electron chi connectivity index (χ2n) is 6.88. The highest BCUT2D eigenvalue weighted by Crippen LogP contribution is 2.40. The van der Waals surface area contributed by atoms with Crippen molar-refractivity contribution in [2.75, 3.05) is 18.1 Å². The zero-order chi connectivity index (χ0) is 23.0. The molecule has 0 radical (unpaired) electrons. The molecule has 0 bridgehead atoms. The van der Waals surface area contributed by atoms with Gasteiger partial charge >= 0.3 is 13.8 Å². The number of carbonyl (C=O) groups is 1. The zero-order valence-corrected chi connectivity index (χ0v) is 17.1. The van der Waals surface area contributed by atoms with Crippen molar-refractivity contribution in [1.29, 1.82) is 0 Å². The third-order valence-electron chi connectivity index (χ3n) is 4.80. The van der Waals surface area contributed by atoms with Crippen LogP contribution in [0.15, 0.2) is 36.9 Å². The number of esters is 1. The lowest BCUT2D eigenvalue weighted by molar-refractivity contribution is -0.0558. The van der Waals surface area contributed by atoms with Crippen molar-refractivity contribution in [3.8, 4) is 0 Å². The number of phosphoric ester groups is 1. The Kier molecular flexibility index (Phi) is 5.81. The Morgan fingerprint density at radius 1 is 1.22 bits per heavy atom. The van der Waals surface area contributed by atoms with E-state index in [-0.39, 0.29) is 28.2 Å². The first kappa shape index (κ1) is 22.1. The van der Waals surface area contributed by atoms with Gasteiger partial charge in [0.25, 0.3) is 0 Å². The van der Waals surface area contributed by atoms with Crippen LogP contribution in [-0.2, 0) is 18.6 Å². The van der Waals surface area contributed by atoms with E-state index in [9.17, 15) is 14.5 Å². The molecule has 0 aliphatic carbocycles. The summed E-state index contributed by atoms with van der Waals surface area (Å²) in [5, 5.41) is 10.7. The molecular formula is C17H19N6O8P. The normalized spacial score (nSPS) is 23.5. The van der Waals surface area contributed by atoms with Crippen LogP contribution < -0.4 is 11.5 Å². The van der Waals surface area contributed by atoms with Gasteiger partial charge in [-0.2, -0.15) is 0 Å². The van der Waals surface area contributed by atoms with Crippen molar-refractivity contribution in [3.63, 3.8) is 0 Å². The summed E-state index contributed by atoms with van der Waals surface area (Å²) in [6.07, 6.45) is -2.78. The molecule has 15 heteroatoms. The largest absolute Gasteiger partial charge is 0.469 e. The molecule has 1 aliphatic rings. The maximum absolute atomic E-state index is 12.7. The first-order chi connectivity index (χ1) is 15.2. The van der Waals surface area contributed by atoms with Crippen LogP contribution in [0, 0.1) is 0 Å². The van der Waals surface area contributed by atoms with E-state index >= 15 is 0 Å². The molecule has 4 rings (SSSR count). The monoisotopic (exact) mass is 466 g/mol. The van der Waals surface area contributed by atoms with Gasteiger partial charge < -0.3 is 35.8 Å². The molecular weight excluding hydrogens is 447 g/mol. The number of aliphatic hydroxyl groups is 1. The molecule has 3 aromatic rings. The number of carbonyl (C=O) groups excluding carboxylic acids is 1. The molecule has 2 aromatic heterocycles. The minimum absolute atomic E-state index is 0.0652. The van der Waals surface area contributed by atoms with E-state index in [1.165, 1.54) is 29.4 Å². The van der Waals surface area contributed by atoms with E-state index in [1.807, 2.05) is 0 Å². The van der Waals surface area contributed by atoms with Gasteiger partial charge in [0.05, 0.1) is 18.5 Å². The van der Waals surface area contributed by atoms with Crippen LogP contribution >= 0.6 is 7.82 Å². The number of phosphoric acid groups is 1. The Balaban J connectivity index is 1.67. The van der Waals surface area contributed by atoms with Crippen LogP contribution in [0.1, 0.15) is 16.6 Å². The molecule has 7 N–H and O–H groups in total. The summed E-state index contributed by atoms with van der Waals surface area (Å²) >= 11 is 0. The van der Waals surface area contributed by atoms with E-state index in [4.69, 9.17) is 30.7 Å². The van der Waals surface area contributed by atoms with Gasteiger partial charge in [0.15, 0.2) is 23.8 Å². The number of imidazole rings is 1. The maximum atomic E-state index is 12.7. The lowest BCUT2D eigenvalue weighted by Crippen LogP contribution is -2.37. The van der Waals surface area contributed by atoms with Gasteiger partial charge in [-0.1, -0.05) is 12.1 Å². The van der Waals surface area contributed by atoms with Crippen molar-refractivity contribution in [2.24, 2.45) is 0 Å². The molecule has 1 saturated heterocycles. The summed E-state index contributed by atoms with van der Waals surface area (Å²) in [4.78, 5) is 42.8. The maximum Gasteiger partial charge on any atom is 0.469 e. The van der Waals surface area contributed by atoms with Crippen molar-refractivity contribution in [1.82, 2.24) is 19.5 Å². The molecule has 1 aliphatic heterocycles. The van der Waals surface area contributed by atoms with Crippen molar-refractivity contribution >= 4 is 36.5 Å². The van der Waals surface area contributed by atoms with Gasteiger partial charge in [0.1, 0.15) is 24.1 Å². The average Bonchev–Trinajstić information content (AvgIpc) is 3.29. The highest BCUT2D eigenvalue weighted by Gasteiger charge is 2.48. The second kappa shape index (κ2) is 8.43. The Hall–Kier alpha value is -3.13. The molecule has 14 nitrogen and oxygen atoms in total. The molecule has 0 amide bonds. The summed E-state index contributed by atoms with van der Waals surface area (Å²) < 4.78 is 28.2. The van der Waals surface area contributed by atoms with E-state index in [0.717, 1.165) is 0 Å². The number of nitrogen functional groups attached to an aromatic ring is 2. The van der Waals surface area contributed by atoms with Crippen molar-refractivity contribution in [2.45, 2.75) is 24.5 Å². The highest BCUT2D eigenvalue weighted by molar-refractivity contribution is 7.46. The predicted molar refractivity (Wildman–Crippen MR) is 108 cm³/mol. The quantitative estimate of drug-likeness (QED) is 0.177. The lowest BCUT2D eigenvalue weighted by atomic mass is 10.1. The van der Waals surface area contributed by atoms with Crippen LogP contribution in [0.4, 0.5) is 11.5 Å². The van der Waals surface area contributed by atoms with E-state index in [1.54, 1.807) is 12.1 Å². The average molecular weight is 466 g/mol. The fraction of sp³-hybridized carbons (Fsp3) is 0.294. The van der Waals surface area contributed by atoms with E-state index < -0.39 is 44.9 Å². The number of nitrogens with zero attached hydrogens (tertiary/aromatic N) is 4. The van der Waals surface area contributed by atoms with Gasteiger partial charge in [-0.3, -0.25) is 9.09 Å². The Labute approximate surface area is 180 Å². The third-order valence-corrected chi connectivity index (χ3v) is 5.29. The van der Waals surface area contributed by atoms with Crippen molar-refractivity contribution < 1.29 is 38.3 Å². The topological polar surface area (TPSA) is 218 Å². The predicted octanol–water partition coefficient (Wildman–Crippen LogP) is -0.416. The summed E-state index contributed by atoms with van der Waals surface area (Å²) in [6, 6.07) is 6.19. The number of nitrogens with two attached hydrogens (primary N) is 2. The molecule has 170 valence electrons. The molecule has 1 unspecified atom stereocenters. The number of ether oxygens (including phenoxy) is 2. The molecule has 0 spiro atoms. The standard InChI is InChI=1S/C17H19N6O8P/c18-9-4-2-1-3-8(9)17(25)31-13-12(24)10(5-29-32(26,27)28)30-16(13)23-7-22-11-14(19)20-6-21-15(11)23/h1-4,6-7,10,12-13,16,24H,5,18H2,(H2,19,20,21)(H2,26,27,28)/t10-,12-,13-,16?/m1/s1. The Morgan fingerprint density at radius 2 is 1.97 bits per heavy atom. The van der Waals surface area contributed by atoms with Gasteiger partial charge in [0, 0.05) is 5.69 Å². The molecule has 32 heavy (non-hydrogen) atoms. The van der Waals surface area contributed by atoms with Gasteiger partial charge in [-0.25, -0.2) is 24.3 Å². The van der Waals surface area contributed by atoms with Crippen LogP contribution in [0.5, 0.6) is 0 Å².